The number of aryl methyl sites for hydroxylation is 1. The zero-order valence-corrected chi connectivity index (χ0v) is 20.8. The Kier molecular flexibility index (Phi) is 7.48. The summed E-state index contributed by atoms with van der Waals surface area (Å²) in [5.41, 5.74) is 7.26. The van der Waals surface area contributed by atoms with Crippen LogP contribution in [-0.2, 0) is 18.4 Å². The Bertz CT molecular complexity index is 1220. The molecule has 0 N–H and O–H groups in total. The predicted octanol–water partition coefficient (Wildman–Crippen LogP) is 7.18. The summed E-state index contributed by atoms with van der Waals surface area (Å²) in [6.45, 7) is 12.3. The number of rotatable bonds is 6. The molecule has 2 aromatic heterocycles. The minimum absolute atomic E-state index is 0. The quantitative estimate of drug-likeness (QED) is 0.301. The van der Waals surface area contributed by atoms with Crippen LogP contribution in [0.5, 0.6) is 5.88 Å². The molecule has 174 valence electrons. The Morgan fingerprint density at radius 3 is 2.18 bits per heavy atom. The summed E-state index contributed by atoms with van der Waals surface area (Å²) in [6, 6.07) is 17.5. The van der Waals surface area contributed by atoms with Crippen molar-refractivity contribution in [3.8, 4) is 5.88 Å². The van der Waals surface area contributed by atoms with Crippen LogP contribution in [0.1, 0.15) is 48.7 Å². The maximum atomic E-state index is 13.1. The Labute approximate surface area is 202 Å². The fourth-order valence-electron chi connectivity index (χ4n) is 4.08. The summed E-state index contributed by atoms with van der Waals surface area (Å²) in [6.07, 6.45) is 2.51. The standard InChI is InChI=1S/C28H31FN2O.ClH/c1-19-20(2)31(18-22-6-10-23(11-7-22)28(3,4)5)26-25(19)14-16-30-27(26)32-17-15-21-8-12-24(29)13-9-21;/h6-14,16H,15,17-18H2,1-5H3;1H. The third-order valence-electron chi connectivity index (χ3n) is 6.22. The molecule has 0 amide bonds. The van der Waals surface area contributed by atoms with Crippen molar-refractivity contribution in [1.29, 1.82) is 0 Å². The number of hydrogen-bond acceptors (Lipinski definition) is 2. The average molecular weight is 467 g/mol. The molecule has 2 aromatic carbocycles. The van der Waals surface area contributed by atoms with Crippen LogP contribution in [0.25, 0.3) is 10.9 Å². The lowest BCUT2D eigenvalue weighted by Gasteiger charge is -2.19. The van der Waals surface area contributed by atoms with E-state index < -0.39 is 0 Å². The van der Waals surface area contributed by atoms with E-state index in [2.05, 4.69) is 74.5 Å². The number of benzene rings is 2. The van der Waals surface area contributed by atoms with E-state index in [1.54, 1.807) is 12.1 Å². The Hall–Kier alpha value is -2.85. The van der Waals surface area contributed by atoms with Gasteiger partial charge in [0, 0.05) is 30.2 Å². The molecule has 3 nitrogen and oxygen atoms in total. The first kappa shape index (κ1) is 24.8. The van der Waals surface area contributed by atoms with Gasteiger partial charge in [-0.25, -0.2) is 9.37 Å². The van der Waals surface area contributed by atoms with Crippen LogP contribution < -0.4 is 4.74 Å². The fourth-order valence-corrected chi connectivity index (χ4v) is 4.08. The third-order valence-corrected chi connectivity index (χ3v) is 6.22. The lowest BCUT2D eigenvalue weighted by Crippen LogP contribution is -2.11. The normalized spacial score (nSPS) is 11.5. The maximum absolute atomic E-state index is 13.1. The first-order valence-corrected chi connectivity index (χ1v) is 11.1. The van der Waals surface area contributed by atoms with Gasteiger partial charge in [-0.3, -0.25) is 0 Å². The highest BCUT2D eigenvalue weighted by Gasteiger charge is 2.17. The van der Waals surface area contributed by atoms with Gasteiger partial charge in [-0.1, -0.05) is 57.2 Å². The molecule has 4 rings (SSSR count). The molecule has 0 spiro atoms. The first-order valence-electron chi connectivity index (χ1n) is 11.1. The van der Waals surface area contributed by atoms with E-state index in [0.29, 0.717) is 18.9 Å². The highest BCUT2D eigenvalue weighted by molar-refractivity contribution is 5.89. The zero-order valence-electron chi connectivity index (χ0n) is 20.0. The van der Waals surface area contributed by atoms with Crippen molar-refractivity contribution >= 4 is 23.3 Å². The molecule has 0 saturated carbocycles. The van der Waals surface area contributed by atoms with Gasteiger partial charge >= 0.3 is 0 Å². The van der Waals surface area contributed by atoms with Crippen LogP contribution in [-0.4, -0.2) is 16.2 Å². The van der Waals surface area contributed by atoms with Gasteiger partial charge in [0.25, 0.3) is 0 Å². The second kappa shape index (κ2) is 9.96. The summed E-state index contributed by atoms with van der Waals surface area (Å²) in [5, 5.41) is 1.17. The molecule has 0 aliphatic heterocycles. The second-order valence-corrected chi connectivity index (χ2v) is 9.48. The Morgan fingerprint density at radius 2 is 1.55 bits per heavy atom. The molecule has 0 atom stereocenters. The van der Waals surface area contributed by atoms with Crippen LogP contribution in [0.4, 0.5) is 4.39 Å². The molecular weight excluding hydrogens is 435 g/mol. The predicted molar refractivity (Wildman–Crippen MR) is 136 cm³/mol. The number of nitrogens with zero attached hydrogens (tertiary/aromatic N) is 2. The van der Waals surface area contributed by atoms with Crippen molar-refractivity contribution in [3.05, 3.63) is 94.6 Å². The van der Waals surface area contributed by atoms with Gasteiger partial charge in [0.2, 0.25) is 5.88 Å². The summed E-state index contributed by atoms with van der Waals surface area (Å²) < 4.78 is 21.6. The lowest BCUT2D eigenvalue weighted by molar-refractivity contribution is 0.312. The minimum Gasteiger partial charge on any atom is -0.476 e. The molecule has 0 aliphatic carbocycles. The summed E-state index contributed by atoms with van der Waals surface area (Å²) in [5.74, 6) is 0.424. The van der Waals surface area contributed by atoms with E-state index in [1.807, 2.05) is 6.20 Å². The third kappa shape index (κ3) is 5.39. The van der Waals surface area contributed by atoms with Crippen LogP contribution >= 0.6 is 12.4 Å². The molecule has 5 heteroatoms. The van der Waals surface area contributed by atoms with Gasteiger partial charge in [0.1, 0.15) is 11.3 Å². The minimum atomic E-state index is -0.222. The Morgan fingerprint density at radius 1 is 0.909 bits per heavy atom. The second-order valence-electron chi connectivity index (χ2n) is 9.48. The van der Waals surface area contributed by atoms with Crippen molar-refractivity contribution in [2.75, 3.05) is 6.61 Å². The van der Waals surface area contributed by atoms with Gasteiger partial charge in [-0.2, -0.15) is 0 Å². The molecule has 0 radical (unpaired) electrons. The van der Waals surface area contributed by atoms with Crippen LogP contribution in [0.15, 0.2) is 60.8 Å². The van der Waals surface area contributed by atoms with E-state index in [1.165, 1.54) is 39.9 Å². The smallest absolute Gasteiger partial charge is 0.238 e. The molecule has 2 heterocycles. The van der Waals surface area contributed by atoms with Crippen molar-refractivity contribution in [3.63, 3.8) is 0 Å². The molecular formula is C28H32ClFN2O. The Balaban J connectivity index is 0.00000306. The van der Waals surface area contributed by atoms with Gasteiger partial charge < -0.3 is 9.30 Å². The van der Waals surface area contributed by atoms with Gasteiger partial charge in [0.05, 0.1) is 6.61 Å². The number of halogens is 2. The number of hydrogen-bond donors (Lipinski definition) is 0. The SMILES string of the molecule is Cc1c(C)n(Cc2ccc(C(C)(C)C)cc2)c2c(OCCc3ccc(F)cc3)nccc12.Cl. The lowest BCUT2D eigenvalue weighted by atomic mass is 9.87. The van der Waals surface area contributed by atoms with Crippen LogP contribution in [0, 0.1) is 19.7 Å². The molecule has 4 aromatic rings. The summed E-state index contributed by atoms with van der Waals surface area (Å²) in [7, 11) is 0. The van der Waals surface area contributed by atoms with Crippen molar-refractivity contribution in [2.24, 2.45) is 0 Å². The number of fused-ring (bicyclic) bond motifs is 1. The molecule has 0 unspecified atom stereocenters. The largest absolute Gasteiger partial charge is 0.476 e. The van der Waals surface area contributed by atoms with Crippen molar-refractivity contribution < 1.29 is 9.13 Å². The topological polar surface area (TPSA) is 27.1 Å². The van der Waals surface area contributed by atoms with Gasteiger partial charge in [0.15, 0.2) is 0 Å². The van der Waals surface area contributed by atoms with Crippen molar-refractivity contribution in [2.45, 2.75) is 53.0 Å². The van der Waals surface area contributed by atoms with Gasteiger partial charge in [-0.15, -0.1) is 12.4 Å². The first-order chi connectivity index (χ1) is 15.2. The van der Waals surface area contributed by atoms with E-state index >= 15 is 0 Å². The number of aromatic nitrogens is 2. The molecule has 0 fully saturated rings. The number of pyridine rings is 1. The molecule has 0 bridgehead atoms. The highest BCUT2D eigenvalue weighted by atomic mass is 35.5. The summed E-state index contributed by atoms with van der Waals surface area (Å²) >= 11 is 0. The maximum Gasteiger partial charge on any atom is 0.238 e. The van der Waals surface area contributed by atoms with Crippen LogP contribution in [0.2, 0.25) is 0 Å². The number of ether oxygens (including phenoxy) is 1. The molecule has 33 heavy (non-hydrogen) atoms. The zero-order chi connectivity index (χ0) is 22.9. The average Bonchev–Trinajstić information content (AvgIpc) is 3.00. The molecule has 0 aliphatic rings. The van der Waals surface area contributed by atoms with Crippen molar-refractivity contribution in [1.82, 2.24) is 9.55 Å². The van der Waals surface area contributed by atoms with E-state index in [4.69, 9.17) is 4.74 Å². The van der Waals surface area contributed by atoms with E-state index in [-0.39, 0.29) is 23.6 Å². The van der Waals surface area contributed by atoms with E-state index in [9.17, 15) is 4.39 Å². The van der Waals surface area contributed by atoms with Gasteiger partial charge in [-0.05, 0) is 59.7 Å². The molecule has 0 saturated heterocycles. The fraction of sp³-hybridized carbons (Fsp3) is 0.321. The van der Waals surface area contributed by atoms with E-state index in [0.717, 1.165) is 17.6 Å². The van der Waals surface area contributed by atoms with Crippen LogP contribution in [0.3, 0.4) is 0 Å². The highest BCUT2D eigenvalue weighted by Crippen LogP contribution is 2.32. The monoisotopic (exact) mass is 466 g/mol. The summed E-state index contributed by atoms with van der Waals surface area (Å²) in [4.78, 5) is 4.55.